The first-order chi connectivity index (χ1) is 18.2. The Morgan fingerprint density at radius 3 is 2.37 bits per heavy atom. The summed E-state index contributed by atoms with van der Waals surface area (Å²) in [6, 6.07) is 16.2. The van der Waals surface area contributed by atoms with E-state index in [1.54, 1.807) is 0 Å². The summed E-state index contributed by atoms with van der Waals surface area (Å²) >= 11 is 0. The van der Waals surface area contributed by atoms with Crippen molar-refractivity contribution in [2.45, 2.75) is 93.0 Å². The van der Waals surface area contributed by atoms with Crippen molar-refractivity contribution in [1.82, 2.24) is 0 Å². The molecule has 204 valence electrons. The lowest BCUT2D eigenvalue weighted by Crippen LogP contribution is -2.14. The van der Waals surface area contributed by atoms with Crippen LogP contribution in [0.1, 0.15) is 96.6 Å². The number of carbonyl (C=O) groups excluding carboxylic acids is 1. The van der Waals surface area contributed by atoms with E-state index in [-0.39, 0.29) is 23.3 Å². The average Bonchev–Trinajstić information content (AvgIpc) is 3.27. The second-order valence-corrected chi connectivity index (χ2v) is 10.5. The molecule has 0 aromatic heterocycles. The number of hydrogen-bond donors (Lipinski definition) is 1. The van der Waals surface area contributed by atoms with E-state index in [4.69, 9.17) is 4.99 Å². The SMILES string of the molecule is CC.CC=N/C(=C1/C=NC(C)/C1=C\CC)C(CC)Cc1cccc(NC(=O)c2ccc(C(C)(C)C)cc2)c1. The molecule has 1 N–H and O–H groups in total. The quantitative estimate of drug-likeness (QED) is 0.352. The van der Waals surface area contributed by atoms with E-state index in [0.717, 1.165) is 36.2 Å². The van der Waals surface area contributed by atoms with E-state index in [9.17, 15) is 4.79 Å². The van der Waals surface area contributed by atoms with Gasteiger partial charge in [-0.05, 0) is 79.5 Å². The van der Waals surface area contributed by atoms with Crippen LogP contribution in [0, 0.1) is 5.92 Å². The topological polar surface area (TPSA) is 53.8 Å². The first kappa shape index (κ1) is 31.0. The number of hydrogen-bond acceptors (Lipinski definition) is 3. The summed E-state index contributed by atoms with van der Waals surface area (Å²) in [7, 11) is 0. The Kier molecular flexibility index (Phi) is 11.9. The van der Waals surface area contributed by atoms with Crippen molar-refractivity contribution in [3.05, 3.63) is 88.1 Å². The molecule has 2 aromatic rings. The van der Waals surface area contributed by atoms with Crippen LogP contribution in [-0.4, -0.2) is 24.4 Å². The maximum Gasteiger partial charge on any atom is 0.255 e. The zero-order valence-corrected chi connectivity index (χ0v) is 24.9. The minimum Gasteiger partial charge on any atom is -0.322 e. The Morgan fingerprint density at radius 2 is 1.79 bits per heavy atom. The van der Waals surface area contributed by atoms with Gasteiger partial charge in [0.15, 0.2) is 0 Å². The van der Waals surface area contributed by atoms with Crippen LogP contribution in [0.5, 0.6) is 0 Å². The maximum absolute atomic E-state index is 12.9. The van der Waals surface area contributed by atoms with Crippen molar-refractivity contribution >= 4 is 24.0 Å². The van der Waals surface area contributed by atoms with E-state index >= 15 is 0 Å². The molecule has 38 heavy (non-hydrogen) atoms. The van der Waals surface area contributed by atoms with Gasteiger partial charge < -0.3 is 5.32 Å². The summed E-state index contributed by atoms with van der Waals surface area (Å²) < 4.78 is 0. The Hall–Kier alpha value is -3.27. The molecule has 2 atom stereocenters. The van der Waals surface area contributed by atoms with Crippen LogP contribution in [0.15, 0.2) is 81.4 Å². The molecule has 0 bridgehead atoms. The van der Waals surface area contributed by atoms with Gasteiger partial charge in [-0.3, -0.25) is 14.8 Å². The summed E-state index contributed by atoms with van der Waals surface area (Å²) in [6.07, 6.45) is 8.95. The van der Waals surface area contributed by atoms with Gasteiger partial charge in [0.2, 0.25) is 0 Å². The van der Waals surface area contributed by atoms with E-state index in [1.807, 2.05) is 69.6 Å². The number of carbonyl (C=O) groups is 1. The Labute approximate surface area is 231 Å². The Morgan fingerprint density at radius 1 is 1.11 bits per heavy atom. The smallest absolute Gasteiger partial charge is 0.255 e. The van der Waals surface area contributed by atoms with Crippen LogP contribution in [0.25, 0.3) is 0 Å². The van der Waals surface area contributed by atoms with Gasteiger partial charge in [-0.25, -0.2) is 0 Å². The van der Waals surface area contributed by atoms with E-state index in [0.29, 0.717) is 5.56 Å². The van der Waals surface area contributed by atoms with Gasteiger partial charge in [-0.1, -0.05) is 78.8 Å². The van der Waals surface area contributed by atoms with Gasteiger partial charge in [-0.2, -0.15) is 0 Å². The molecule has 0 saturated carbocycles. The van der Waals surface area contributed by atoms with Crippen LogP contribution >= 0.6 is 0 Å². The highest BCUT2D eigenvalue weighted by Gasteiger charge is 2.24. The molecular weight excluding hydrogens is 466 g/mol. The predicted octanol–water partition coefficient (Wildman–Crippen LogP) is 8.99. The van der Waals surface area contributed by atoms with Crippen molar-refractivity contribution in [1.29, 1.82) is 0 Å². The molecular formula is C34H47N3O. The largest absolute Gasteiger partial charge is 0.322 e. The second kappa shape index (κ2) is 14.6. The highest BCUT2D eigenvalue weighted by molar-refractivity contribution is 6.04. The molecule has 0 saturated heterocycles. The summed E-state index contributed by atoms with van der Waals surface area (Å²) in [5.74, 6) is 0.160. The third-order valence-corrected chi connectivity index (χ3v) is 6.72. The van der Waals surface area contributed by atoms with Crippen LogP contribution in [-0.2, 0) is 11.8 Å². The van der Waals surface area contributed by atoms with Gasteiger partial charge in [0, 0.05) is 35.2 Å². The summed E-state index contributed by atoms with van der Waals surface area (Å²) in [4.78, 5) is 22.4. The lowest BCUT2D eigenvalue weighted by atomic mass is 9.86. The molecule has 1 aliphatic heterocycles. The number of benzene rings is 2. The van der Waals surface area contributed by atoms with Crippen molar-refractivity contribution < 1.29 is 4.79 Å². The zero-order chi connectivity index (χ0) is 28.3. The lowest BCUT2D eigenvalue weighted by Gasteiger charge is -2.20. The second-order valence-electron chi connectivity index (χ2n) is 10.5. The number of nitrogens with zero attached hydrogens (tertiary/aromatic N) is 2. The summed E-state index contributed by atoms with van der Waals surface area (Å²) in [5.41, 5.74) is 7.46. The third-order valence-electron chi connectivity index (χ3n) is 6.72. The molecule has 0 aliphatic carbocycles. The van der Waals surface area contributed by atoms with Crippen molar-refractivity contribution in [3.8, 4) is 0 Å². The fourth-order valence-corrected chi connectivity index (χ4v) is 4.63. The predicted molar refractivity (Wildman–Crippen MR) is 166 cm³/mol. The standard InChI is InChI=1S/C32H41N3O.C2H6/c1-8-12-28-22(4)34-21-29(28)30(33-10-3)24(9-2)19-23-13-11-14-27(20-23)35-31(36)25-15-17-26(18-16-25)32(5,6)7;1-2/h10-18,20-22,24H,8-9,19H2,1-7H3,(H,35,36);1-2H3/b28-12+,30-29-,33-10?;. The number of amides is 1. The molecule has 4 heteroatoms. The van der Waals surface area contributed by atoms with Gasteiger partial charge in [0.25, 0.3) is 5.91 Å². The summed E-state index contributed by atoms with van der Waals surface area (Å²) in [6.45, 7) is 19.0. The number of anilines is 1. The molecule has 2 aromatic carbocycles. The van der Waals surface area contributed by atoms with E-state index in [2.05, 4.69) is 70.1 Å². The molecule has 1 heterocycles. The lowest BCUT2D eigenvalue weighted by molar-refractivity contribution is 0.102. The van der Waals surface area contributed by atoms with Crippen molar-refractivity contribution in [3.63, 3.8) is 0 Å². The van der Waals surface area contributed by atoms with Gasteiger partial charge in [-0.15, -0.1) is 0 Å². The van der Waals surface area contributed by atoms with Gasteiger partial charge in [0.05, 0.1) is 11.7 Å². The Bertz CT molecular complexity index is 1180. The monoisotopic (exact) mass is 513 g/mol. The normalized spacial score (nSPS) is 18.3. The number of nitrogens with one attached hydrogen (secondary N) is 1. The average molecular weight is 514 g/mol. The van der Waals surface area contributed by atoms with Crippen LogP contribution in [0.2, 0.25) is 0 Å². The Balaban J connectivity index is 0.00000247. The summed E-state index contributed by atoms with van der Waals surface area (Å²) in [5, 5.41) is 3.08. The molecule has 0 fully saturated rings. The fourth-order valence-electron chi connectivity index (χ4n) is 4.63. The van der Waals surface area contributed by atoms with Crippen molar-refractivity contribution in [2.24, 2.45) is 15.9 Å². The van der Waals surface area contributed by atoms with Gasteiger partial charge in [0.1, 0.15) is 0 Å². The number of aliphatic imine (C=N–C) groups is 2. The highest BCUT2D eigenvalue weighted by atomic mass is 16.1. The highest BCUT2D eigenvalue weighted by Crippen LogP contribution is 2.32. The number of rotatable bonds is 8. The molecule has 1 amide bonds. The van der Waals surface area contributed by atoms with E-state index in [1.165, 1.54) is 16.7 Å². The van der Waals surface area contributed by atoms with Crippen molar-refractivity contribution in [2.75, 3.05) is 5.32 Å². The minimum atomic E-state index is -0.0939. The number of allylic oxidation sites excluding steroid dienone is 2. The molecule has 1 aliphatic rings. The molecule has 4 nitrogen and oxygen atoms in total. The van der Waals surface area contributed by atoms with E-state index < -0.39 is 0 Å². The van der Waals surface area contributed by atoms with Gasteiger partial charge >= 0.3 is 0 Å². The molecule has 3 rings (SSSR count). The van der Waals surface area contributed by atoms with Crippen LogP contribution in [0.3, 0.4) is 0 Å². The first-order valence-corrected chi connectivity index (χ1v) is 14.1. The third kappa shape index (κ3) is 8.11. The first-order valence-electron chi connectivity index (χ1n) is 14.1. The maximum atomic E-state index is 12.9. The molecule has 2 unspecified atom stereocenters. The van der Waals surface area contributed by atoms with Crippen LogP contribution in [0.4, 0.5) is 5.69 Å². The molecule has 0 spiro atoms. The fraction of sp³-hybridized carbons (Fsp3) is 0.441. The molecule has 0 radical (unpaired) electrons. The minimum absolute atomic E-state index is 0.0601. The zero-order valence-electron chi connectivity index (χ0n) is 24.9. The van der Waals surface area contributed by atoms with Crippen LogP contribution < -0.4 is 5.32 Å².